The molecule has 0 radical (unpaired) electrons. The van der Waals surface area contributed by atoms with Gasteiger partial charge in [-0.05, 0) is 43.7 Å². The number of hydrogen-bond donors (Lipinski definition) is 1. The van der Waals surface area contributed by atoms with Gasteiger partial charge in [0.25, 0.3) is 0 Å². The summed E-state index contributed by atoms with van der Waals surface area (Å²) in [6.07, 6.45) is 3.53. The van der Waals surface area contributed by atoms with Crippen LogP contribution >= 0.6 is 11.3 Å². The average Bonchev–Trinajstić information content (AvgIpc) is 2.71. The summed E-state index contributed by atoms with van der Waals surface area (Å²) in [6.45, 7) is 6.51. The fraction of sp³-hybridized carbons (Fsp3) is 0.692. The number of rotatable bonds is 2. The molecular formula is C13H20OS. The Morgan fingerprint density at radius 3 is 2.60 bits per heavy atom. The molecule has 3 atom stereocenters. The van der Waals surface area contributed by atoms with Crippen molar-refractivity contribution in [3.05, 3.63) is 21.4 Å². The molecular weight excluding hydrogens is 204 g/mol. The maximum atomic E-state index is 10.4. The monoisotopic (exact) mass is 224 g/mol. The lowest BCUT2D eigenvalue weighted by Crippen LogP contribution is -2.15. The summed E-state index contributed by atoms with van der Waals surface area (Å²) in [7, 11) is 0. The molecule has 1 saturated carbocycles. The topological polar surface area (TPSA) is 20.2 Å². The quantitative estimate of drug-likeness (QED) is 0.809. The summed E-state index contributed by atoms with van der Waals surface area (Å²) in [5.74, 6) is 1.16. The Morgan fingerprint density at radius 2 is 2.13 bits per heavy atom. The minimum absolute atomic E-state index is 0.229. The molecule has 1 N–H and O–H groups in total. The molecule has 1 aliphatic carbocycles. The molecule has 1 fully saturated rings. The highest BCUT2D eigenvalue weighted by atomic mass is 32.1. The summed E-state index contributed by atoms with van der Waals surface area (Å²) in [4.78, 5) is 2.60. The summed E-state index contributed by atoms with van der Waals surface area (Å²) in [5.41, 5.74) is 1.18. The van der Waals surface area contributed by atoms with Crippen molar-refractivity contribution in [3.8, 4) is 0 Å². The zero-order valence-corrected chi connectivity index (χ0v) is 10.6. The van der Waals surface area contributed by atoms with E-state index in [-0.39, 0.29) is 6.10 Å². The van der Waals surface area contributed by atoms with Gasteiger partial charge in [-0.15, -0.1) is 11.3 Å². The molecule has 3 unspecified atom stereocenters. The third-order valence-electron chi connectivity index (χ3n) is 3.73. The third-order valence-corrected chi connectivity index (χ3v) is 4.71. The molecule has 0 spiro atoms. The second-order valence-electron chi connectivity index (χ2n) is 4.89. The van der Waals surface area contributed by atoms with E-state index in [9.17, 15) is 5.11 Å². The molecule has 1 nitrogen and oxygen atoms in total. The highest BCUT2D eigenvalue weighted by Gasteiger charge is 2.31. The Kier molecular flexibility index (Phi) is 3.17. The lowest BCUT2D eigenvalue weighted by molar-refractivity contribution is 0.0899. The Labute approximate surface area is 96.1 Å². The van der Waals surface area contributed by atoms with Crippen molar-refractivity contribution in [3.63, 3.8) is 0 Å². The van der Waals surface area contributed by atoms with E-state index in [2.05, 4.69) is 26.8 Å². The lowest BCUT2D eigenvalue weighted by atomic mass is 9.88. The largest absolute Gasteiger partial charge is 0.388 e. The van der Waals surface area contributed by atoms with Crippen LogP contribution in [0.4, 0.5) is 0 Å². The summed E-state index contributed by atoms with van der Waals surface area (Å²) in [6, 6.07) is 2.16. The van der Waals surface area contributed by atoms with Crippen molar-refractivity contribution in [2.75, 3.05) is 0 Å². The van der Waals surface area contributed by atoms with Gasteiger partial charge < -0.3 is 5.11 Å². The van der Waals surface area contributed by atoms with Crippen LogP contribution in [0.5, 0.6) is 0 Å². The fourth-order valence-electron chi connectivity index (χ4n) is 2.82. The molecule has 1 heterocycles. The van der Waals surface area contributed by atoms with Crippen LogP contribution in [-0.4, -0.2) is 5.11 Å². The van der Waals surface area contributed by atoms with Gasteiger partial charge in [-0.2, -0.15) is 0 Å². The lowest BCUT2D eigenvalue weighted by Gasteiger charge is -2.22. The van der Waals surface area contributed by atoms with Crippen molar-refractivity contribution < 1.29 is 5.11 Å². The van der Waals surface area contributed by atoms with E-state index in [1.54, 1.807) is 11.3 Å². The summed E-state index contributed by atoms with van der Waals surface area (Å²) in [5, 5.41) is 10.4. The van der Waals surface area contributed by atoms with E-state index in [1.165, 1.54) is 34.6 Å². The van der Waals surface area contributed by atoms with Gasteiger partial charge in [0.1, 0.15) is 0 Å². The van der Waals surface area contributed by atoms with Gasteiger partial charge in [-0.3, -0.25) is 0 Å². The summed E-state index contributed by atoms with van der Waals surface area (Å²) >= 11 is 1.80. The standard InChI is InChI=1S/C13H20OS/c1-8-5-4-6-11(8)13(14)12-7-9(2)15-10(12)3/h7-8,11,13-14H,4-6H2,1-3H3. The Morgan fingerprint density at radius 1 is 1.40 bits per heavy atom. The predicted octanol–water partition coefficient (Wildman–Crippen LogP) is 3.83. The molecule has 0 aliphatic heterocycles. The number of aliphatic hydroxyl groups is 1. The highest BCUT2D eigenvalue weighted by Crippen LogP contribution is 2.42. The second kappa shape index (κ2) is 4.26. The Balaban J connectivity index is 2.19. The first-order valence-corrected chi connectivity index (χ1v) is 6.66. The normalized spacial score (nSPS) is 28.3. The molecule has 84 valence electrons. The van der Waals surface area contributed by atoms with Crippen LogP contribution < -0.4 is 0 Å². The third kappa shape index (κ3) is 2.11. The van der Waals surface area contributed by atoms with E-state index < -0.39 is 0 Å². The first-order valence-electron chi connectivity index (χ1n) is 5.84. The molecule has 0 saturated heterocycles. The van der Waals surface area contributed by atoms with Crippen molar-refractivity contribution in [2.45, 2.75) is 46.1 Å². The van der Waals surface area contributed by atoms with Gasteiger partial charge >= 0.3 is 0 Å². The van der Waals surface area contributed by atoms with E-state index in [1.807, 2.05) is 0 Å². The number of aliphatic hydroxyl groups excluding tert-OH is 1. The first kappa shape index (κ1) is 11.2. The predicted molar refractivity (Wildman–Crippen MR) is 65.3 cm³/mol. The average molecular weight is 224 g/mol. The minimum Gasteiger partial charge on any atom is -0.388 e. The minimum atomic E-state index is -0.229. The molecule has 2 rings (SSSR count). The van der Waals surface area contributed by atoms with Crippen LogP contribution in [0.1, 0.15) is 47.6 Å². The van der Waals surface area contributed by atoms with Crippen molar-refractivity contribution >= 4 is 11.3 Å². The van der Waals surface area contributed by atoms with Gasteiger partial charge in [-0.1, -0.05) is 19.8 Å². The fourth-order valence-corrected chi connectivity index (χ4v) is 3.78. The molecule has 1 aromatic heterocycles. The Bertz CT molecular complexity index is 342. The van der Waals surface area contributed by atoms with E-state index in [0.717, 1.165) is 0 Å². The number of aryl methyl sites for hydroxylation is 2. The maximum absolute atomic E-state index is 10.4. The van der Waals surface area contributed by atoms with E-state index in [0.29, 0.717) is 11.8 Å². The van der Waals surface area contributed by atoms with Gasteiger partial charge in [0.15, 0.2) is 0 Å². The van der Waals surface area contributed by atoms with Crippen molar-refractivity contribution in [1.82, 2.24) is 0 Å². The molecule has 15 heavy (non-hydrogen) atoms. The van der Waals surface area contributed by atoms with Crippen LogP contribution in [0.2, 0.25) is 0 Å². The zero-order valence-electron chi connectivity index (χ0n) is 9.79. The molecule has 1 aromatic rings. The van der Waals surface area contributed by atoms with Crippen LogP contribution in [0, 0.1) is 25.7 Å². The highest BCUT2D eigenvalue weighted by molar-refractivity contribution is 7.12. The van der Waals surface area contributed by atoms with Crippen molar-refractivity contribution in [2.24, 2.45) is 11.8 Å². The van der Waals surface area contributed by atoms with Gasteiger partial charge in [0, 0.05) is 9.75 Å². The SMILES string of the molecule is Cc1cc(C(O)C2CCCC2C)c(C)s1. The number of thiophene rings is 1. The summed E-state index contributed by atoms with van der Waals surface area (Å²) < 4.78 is 0. The van der Waals surface area contributed by atoms with Crippen LogP contribution in [0.3, 0.4) is 0 Å². The van der Waals surface area contributed by atoms with Gasteiger partial charge in [-0.25, -0.2) is 0 Å². The molecule has 0 bridgehead atoms. The van der Waals surface area contributed by atoms with Gasteiger partial charge in [0.2, 0.25) is 0 Å². The number of hydrogen-bond acceptors (Lipinski definition) is 2. The molecule has 0 amide bonds. The van der Waals surface area contributed by atoms with Crippen LogP contribution in [-0.2, 0) is 0 Å². The first-order chi connectivity index (χ1) is 7.09. The molecule has 2 heteroatoms. The van der Waals surface area contributed by atoms with Crippen LogP contribution in [0.25, 0.3) is 0 Å². The van der Waals surface area contributed by atoms with Crippen LogP contribution in [0.15, 0.2) is 6.07 Å². The smallest absolute Gasteiger partial charge is 0.0831 e. The zero-order chi connectivity index (χ0) is 11.0. The molecule has 1 aliphatic rings. The second-order valence-corrected chi connectivity index (χ2v) is 6.35. The molecule has 0 aromatic carbocycles. The Hall–Kier alpha value is -0.340. The maximum Gasteiger partial charge on any atom is 0.0831 e. The van der Waals surface area contributed by atoms with Crippen molar-refractivity contribution in [1.29, 1.82) is 0 Å². The van der Waals surface area contributed by atoms with E-state index in [4.69, 9.17) is 0 Å². The van der Waals surface area contributed by atoms with Gasteiger partial charge in [0.05, 0.1) is 6.10 Å². The van der Waals surface area contributed by atoms with E-state index >= 15 is 0 Å².